The second-order valence-corrected chi connectivity index (χ2v) is 12.1. The predicted octanol–water partition coefficient (Wildman–Crippen LogP) is 6.59. The lowest BCUT2D eigenvalue weighted by Gasteiger charge is -2.25. The summed E-state index contributed by atoms with van der Waals surface area (Å²) < 4.78 is 7.67. The van der Waals surface area contributed by atoms with Crippen LogP contribution in [0.4, 0.5) is 5.69 Å². The molecule has 0 saturated heterocycles. The lowest BCUT2D eigenvalue weighted by atomic mass is 9.93. The second-order valence-electron chi connectivity index (χ2n) is 11.6. The molecule has 45 heavy (non-hydrogen) atoms. The number of aromatic nitrogens is 3. The molecule has 0 atom stereocenters. The minimum Gasteiger partial charge on any atom is -0.493 e. The van der Waals surface area contributed by atoms with Crippen LogP contribution in [0, 0.1) is 0 Å². The van der Waals surface area contributed by atoms with Crippen molar-refractivity contribution in [3.05, 3.63) is 76.6 Å². The summed E-state index contributed by atoms with van der Waals surface area (Å²) in [5.41, 5.74) is 3.13. The monoisotopic (exact) mass is 629 g/mol. The average Bonchev–Trinajstić information content (AvgIpc) is 3.63. The molecule has 234 valence electrons. The van der Waals surface area contributed by atoms with Crippen molar-refractivity contribution in [3.8, 4) is 17.3 Å². The molecule has 0 unspecified atom stereocenters. The summed E-state index contributed by atoms with van der Waals surface area (Å²) in [6.07, 6.45) is 10.1. The number of hydrogen-bond acceptors (Lipinski definition) is 6. The van der Waals surface area contributed by atoms with E-state index in [4.69, 9.17) is 21.4 Å². The number of amides is 2. The Morgan fingerprint density at radius 3 is 2.49 bits per heavy atom. The fourth-order valence-electron chi connectivity index (χ4n) is 5.83. The standard InChI is InChI=1S/C34H36ClN5O5/c1-5-45-27-17-24(13-10-20(27)12-15-28(41)42)38-33(44)34(2,3)39-32(43)22-11-14-25-26(16-22)40(4)30(29(25)21-8-6-7-9-21)31-36-18-23(35)19-37-31/h10-19,21H,5-9H2,1-4H3,(H,38,44)(H,39,43)(H,41,42)/b15-12+. The summed E-state index contributed by atoms with van der Waals surface area (Å²) in [4.78, 5) is 46.8. The molecule has 1 aliphatic rings. The van der Waals surface area contributed by atoms with E-state index in [9.17, 15) is 14.4 Å². The molecule has 2 aromatic heterocycles. The Hall–Kier alpha value is -4.70. The number of nitrogens with zero attached hydrogens (tertiary/aromatic N) is 3. The van der Waals surface area contributed by atoms with Crippen LogP contribution in [0.1, 0.15) is 73.9 Å². The molecule has 1 aliphatic carbocycles. The van der Waals surface area contributed by atoms with Gasteiger partial charge in [-0.15, -0.1) is 0 Å². The number of halogens is 1. The lowest BCUT2D eigenvalue weighted by Crippen LogP contribution is -2.52. The van der Waals surface area contributed by atoms with E-state index in [2.05, 4.69) is 20.6 Å². The van der Waals surface area contributed by atoms with E-state index in [-0.39, 0.29) is 0 Å². The van der Waals surface area contributed by atoms with Crippen LogP contribution in [-0.2, 0) is 16.6 Å². The number of aliphatic carboxylic acids is 1. The Balaban J connectivity index is 1.39. The number of carbonyl (C=O) groups excluding carboxylic acids is 2. The second kappa shape index (κ2) is 13.1. The van der Waals surface area contributed by atoms with Gasteiger partial charge < -0.3 is 25.0 Å². The number of nitrogens with one attached hydrogen (secondary N) is 2. The van der Waals surface area contributed by atoms with Crippen molar-refractivity contribution >= 4 is 52.1 Å². The molecule has 2 aromatic carbocycles. The first-order valence-corrected chi connectivity index (χ1v) is 15.3. The first kappa shape index (κ1) is 31.7. The minimum absolute atomic E-state index is 0.356. The number of carboxylic acid groups (broad SMARTS) is 1. The zero-order chi connectivity index (χ0) is 32.3. The van der Waals surface area contributed by atoms with Crippen molar-refractivity contribution in [2.24, 2.45) is 7.05 Å². The number of rotatable bonds is 10. The highest BCUT2D eigenvalue weighted by atomic mass is 35.5. The molecule has 2 amide bonds. The van der Waals surface area contributed by atoms with Crippen molar-refractivity contribution < 1.29 is 24.2 Å². The predicted molar refractivity (Wildman–Crippen MR) is 175 cm³/mol. The van der Waals surface area contributed by atoms with E-state index in [0.29, 0.717) is 45.9 Å². The molecule has 10 nitrogen and oxygen atoms in total. The third-order valence-electron chi connectivity index (χ3n) is 8.07. The van der Waals surface area contributed by atoms with Crippen LogP contribution < -0.4 is 15.4 Å². The Morgan fingerprint density at radius 1 is 1.11 bits per heavy atom. The van der Waals surface area contributed by atoms with Crippen LogP contribution in [0.3, 0.4) is 0 Å². The molecule has 5 rings (SSSR count). The maximum Gasteiger partial charge on any atom is 0.328 e. The van der Waals surface area contributed by atoms with Crippen LogP contribution in [0.25, 0.3) is 28.5 Å². The molecule has 1 saturated carbocycles. The first-order chi connectivity index (χ1) is 21.5. The number of fused-ring (bicyclic) bond motifs is 1. The van der Waals surface area contributed by atoms with Crippen molar-refractivity contribution in [1.82, 2.24) is 19.9 Å². The number of carbonyl (C=O) groups is 3. The van der Waals surface area contributed by atoms with Gasteiger partial charge in [0.25, 0.3) is 5.91 Å². The highest BCUT2D eigenvalue weighted by Gasteiger charge is 2.32. The molecule has 0 radical (unpaired) electrons. The zero-order valence-corrected chi connectivity index (χ0v) is 26.4. The van der Waals surface area contributed by atoms with Crippen molar-refractivity contribution in [1.29, 1.82) is 0 Å². The molecule has 11 heteroatoms. The summed E-state index contributed by atoms with van der Waals surface area (Å²) in [5.74, 6) is -0.528. The molecule has 0 bridgehead atoms. The third kappa shape index (κ3) is 6.86. The largest absolute Gasteiger partial charge is 0.493 e. The van der Waals surface area contributed by atoms with Gasteiger partial charge in [-0.1, -0.05) is 30.5 Å². The van der Waals surface area contributed by atoms with E-state index >= 15 is 0 Å². The van der Waals surface area contributed by atoms with Gasteiger partial charge in [-0.2, -0.15) is 0 Å². The summed E-state index contributed by atoms with van der Waals surface area (Å²) in [6, 6.07) is 10.5. The summed E-state index contributed by atoms with van der Waals surface area (Å²) >= 11 is 6.08. The van der Waals surface area contributed by atoms with Gasteiger partial charge in [-0.3, -0.25) is 9.59 Å². The van der Waals surface area contributed by atoms with Gasteiger partial charge in [0.1, 0.15) is 11.3 Å². The Bertz CT molecular complexity index is 1790. The minimum atomic E-state index is -1.27. The number of hydrogen-bond donors (Lipinski definition) is 3. The molecule has 0 aliphatic heterocycles. The normalized spacial score (nSPS) is 13.8. The van der Waals surface area contributed by atoms with Gasteiger partial charge >= 0.3 is 5.97 Å². The molecular formula is C34H36ClN5O5. The summed E-state index contributed by atoms with van der Waals surface area (Å²) in [7, 11) is 1.95. The van der Waals surface area contributed by atoms with Gasteiger partial charge in [0.05, 0.1) is 17.3 Å². The topological polar surface area (TPSA) is 135 Å². The third-order valence-corrected chi connectivity index (χ3v) is 8.26. The number of aryl methyl sites for hydroxylation is 1. The maximum atomic E-state index is 13.5. The van der Waals surface area contributed by atoms with E-state index in [1.54, 1.807) is 50.5 Å². The Kier molecular flexibility index (Phi) is 9.24. The molecule has 1 fully saturated rings. The van der Waals surface area contributed by atoms with Gasteiger partial charge in [0.15, 0.2) is 5.82 Å². The molecule has 0 spiro atoms. The number of carboxylic acids is 1. The van der Waals surface area contributed by atoms with Crippen molar-refractivity contribution in [3.63, 3.8) is 0 Å². The zero-order valence-electron chi connectivity index (χ0n) is 25.7. The van der Waals surface area contributed by atoms with Gasteiger partial charge in [0.2, 0.25) is 5.91 Å². The molecule has 4 aromatic rings. The quantitative estimate of drug-likeness (QED) is 0.168. The van der Waals surface area contributed by atoms with Gasteiger partial charge in [-0.05, 0) is 75.4 Å². The SMILES string of the molecule is CCOc1cc(NC(=O)C(C)(C)NC(=O)c2ccc3c(C4CCCC4)c(-c4ncc(Cl)cn4)n(C)c3c2)ccc1/C=C/C(=O)O. The smallest absolute Gasteiger partial charge is 0.328 e. The lowest BCUT2D eigenvalue weighted by molar-refractivity contribution is -0.131. The van der Waals surface area contributed by atoms with Crippen molar-refractivity contribution in [2.75, 3.05) is 11.9 Å². The number of benzene rings is 2. The molecule has 3 N–H and O–H groups in total. The van der Waals surface area contributed by atoms with E-state index in [1.807, 2.05) is 30.7 Å². The fraction of sp³-hybridized carbons (Fsp3) is 0.324. The highest BCUT2D eigenvalue weighted by Crippen LogP contribution is 2.44. The summed E-state index contributed by atoms with van der Waals surface area (Å²) in [5, 5.41) is 16.2. The van der Waals surface area contributed by atoms with Crippen LogP contribution in [0.5, 0.6) is 5.75 Å². The Labute approximate surface area is 266 Å². The van der Waals surface area contributed by atoms with Crippen LogP contribution in [0.2, 0.25) is 5.02 Å². The molecular weight excluding hydrogens is 594 g/mol. The fourth-order valence-corrected chi connectivity index (χ4v) is 5.93. The number of ether oxygens (including phenoxy) is 1. The van der Waals surface area contributed by atoms with E-state index in [0.717, 1.165) is 35.5 Å². The molecule has 2 heterocycles. The highest BCUT2D eigenvalue weighted by molar-refractivity contribution is 6.30. The van der Waals surface area contributed by atoms with Crippen LogP contribution >= 0.6 is 11.6 Å². The average molecular weight is 630 g/mol. The Morgan fingerprint density at radius 2 is 1.82 bits per heavy atom. The van der Waals surface area contributed by atoms with E-state index < -0.39 is 23.3 Å². The van der Waals surface area contributed by atoms with Gasteiger partial charge in [0, 0.05) is 59.3 Å². The van der Waals surface area contributed by atoms with Crippen LogP contribution in [0.15, 0.2) is 54.9 Å². The van der Waals surface area contributed by atoms with Crippen LogP contribution in [-0.4, -0.2) is 49.6 Å². The maximum absolute atomic E-state index is 13.5. The van der Waals surface area contributed by atoms with Gasteiger partial charge in [-0.25, -0.2) is 14.8 Å². The van der Waals surface area contributed by atoms with E-state index in [1.165, 1.54) is 24.5 Å². The van der Waals surface area contributed by atoms with Crippen molar-refractivity contribution in [2.45, 2.75) is 57.9 Å². The summed E-state index contributed by atoms with van der Waals surface area (Å²) in [6.45, 7) is 5.42. The number of anilines is 1. The first-order valence-electron chi connectivity index (χ1n) is 14.9.